The van der Waals surface area contributed by atoms with E-state index >= 15 is 4.39 Å². The lowest BCUT2D eigenvalue weighted by molar-refractivity contribution is 0.176. The second-order valence-electron chi connectivity index (χ2n) is 10.7. The van der Waals surface area contributed by atoms with Crippen LogP contribution in [0.1, 0.15) is 31.7 Å². The molecule has 0 bridgehead atoms. The number of carbonyl (C=O) groups is 1. The van der Waals surface area contributed by atoms with Crippen LogP contribution in [0.5, 0.6) is 23.0 Å². The Hall–Kier alpha value is -4.41. The molecule has 0 atom stereocenters. The molecule has 1 saturated heterocycles. The Morgan fingerprint density at radius 1 is 1.07 bits per heavy atom. The number of ether oxygens (including phenoxy) is 3. The van der Waals surface area contributed by atoms with Gasteiger partial charge in [-0.2, -0.15) is 5.10 Å². The van der Waals surface area contributed by atoms with E-state index in [4.69, 9.17) is 25.8 Å². The first kappa shape index (κ1) is 31.0. The highest BCUT2D eigenvalue weighted by molar-refractivity contribution is 6.30. The standard InChI is InChI=1S/C33H35ClFN5O4/c1-22-11-15-40(16-12-22)14-3-17-43-32-20-28-26(19-31(32)42-2)29(10-13-36-28)44-30-9-8-25(18-27(30)35)38-33(41)39-37-21-23-4-6-24(34)7-5-23/h4-10,13,18-22H,3,11-12,14-17H2,1-2H3,(H2,38,39,41)/b37-21+. The maximum atomic E-state index is 15.0. The maximum absolute atomic E-state index is 15.0. The van der Waals surface area contributed by atoms with Crippen molar-refractivity contribution in [3.05, 3.63) is 83.3 Å². The third kappa shape index (κ3) is 8.36. The summed E-state index contributed by atoms with van der Waals surface area (Å²) in [7, 11) is 1.57. The molecule has 1 aromatic heterocycles. The van der Waals surface area contributed by atoms with E-state index in [0.29, 0.717) is 39.8 Å². The van der Waals surface area contributed by atoms with Crippen LogP contribution in [0.15, 0.2) is 72.0 Å². The summed E-state index contributed by atoms with van der Waals surface area (Å²) >= 11 is 5.86. The van der Waals surface area contributed by atoms with Gasteiger partial charge >= 0.3 is 6.03 Å². The number of benzene rings is 3. The molecule has 0 unspecified atom stereocenters. The smallest absolute Gasteiger partial charge is 0.339 e. The molecule has 2 amide bonds. The minimum absolute atomic E-state index is 0.0179. The zero-order chi connectivity index (χ0) is 30.9. The van der Waals surface area contributed by atoms with Crippen molar-refractivity contribution in [3.63, 3.8) is 0 Å². The molecule has 1 aliphatic heterocycles. The van der Waals surface area contributed by atoms with Crippen LogP contribution in [0.2, 0.25) is 5.02 Å². The van der Waals surface area contributed by atoms with E-state index in [0.717, 1.165) is 43.6 Å². The normalized spacial score (nSPS) is 14.1. The first-order chi connectivity index (χ1) is 21.4. The van der Waals surface area contributed by atoms with E-state index in [1.54, 1.807) is 55.8 Å². The number of urea groups is 1. The molecule has 11 heteroatoms. The van der Waals surface area contributed by atoms with Crippen molar-refractivity contribution >= 4 is 40.4 Å². The zero-order valence-corrected chi connectivity index (χ0v) is 25.4. The molecule has 1 aliphatic rings. The van der Waals surface area contributed by atoms with Crippen molar-refractivity contribution in [1.82, 2.24) is 15.3 Å². The van der Waals surface area contributed by atoms with Crippen LogP contribution < -0.4 is 25.0 Å². The molecule has 3 aromatic carbocycles. The van der Waals surface area contributed by atoms with Crippen molar-refractivity contribution in [2.75, 3.05) is 38.7 Å². The van der Waals surface area contributed by atoms with Crippen molar-refractivity contribution in [2.45, 2.75) is 26.2 Å². The lowest BCUT2D eigenvalue weighted by atomic mass is 9.99. The van der Waals surface area contributed by atoms with Gasteiger partial charge in [0, 0.05) is 41.0 Å². The molecule has 2 heterocycles. The number of amides is 2. The van der Waals surface area contributed by atoms with Gasteiger partial charge in [-0.25, -0.2) is 14.6 Å². The van der Waals surface area contributed by atoms with Crippen molar-refractivity contribution in [3.8, 4) is 23.0 Å². The Bertz CT molecular complexity index is 1610. The van der Waals surface area contributed by atoms with E-state index < -0.39 is 11.8 Å². The third-order valence-electron chi connectivity index (χ3n) is 7.40. The molecule has 1 fully saturated rings. The van der Waals surface area contributed by atoms with Crippen molar-refractivity contribution in [2.24, 2.45) is 11.0 Å². The molecule has 4 aromatic rings. The molecule has 0 aliphatic carbocycles. The molecular weight excluding hydrogens is 585 g/mol. The van der Waals surface area contributed by atoms with Crippen LogP contribution >= 0.6 is 11.6 Å². The van der Waals surface area contributed by atoms with Crippen LogP contribution in [0.4, 0.5) is 14.9 Å². The number of hydrogen-bond acceptors (Lipinski definition) is 7. The molecule has 0 saturated carbocycles. The van der Waals surface area contributed by atoms with Gasteiger partial charge in [-0.3, -0.25) is 4.98 Å². The number of hydrogen-bond donors (Lipinski definition) is 2. The minimum atomic E-state index is -0.660. The van der Waals surface area contributed by atoms with Gasteiger partial charge in [-0.15, -0.1) is 0 Å². The van der Waals surface area contributed by atoms with Crippen LogP contribution in [0.25, 0.3) is 10.9 Å². The predicted octanol–water partition coefficient (Wildman–Crippen LogP) is 7.48. The van der Waals surface area contributed by atoms with Gasteiger partial charge in [0.1, 0.15) is 5.75 Å². The largest absolute Gasteiger partial charge is 0.493 e. The van der Waals surface area contributed by atoms with Crippen LogP contribution in [-0.4, -0.2) is 55.5 Å². The lowest BCUT2D eigenvalue weighted by Crippen LogP contribution is -2.34. The average molecular weight is 620 g/mol. The number of nitrogens with one attached hydrogen (secondary N) is 2. The van der Waals surface area contributed by atoms with Gasteiger partial charge in [0.2, 0.25) is 0 Å². The van der Waals surface area contributed by atoms with Crippen LogP contribution in [0.3, 0.4) is 0 Å². The number of fused-ring (bicyclic) bond motifs is 1. The Labute approximate surface area is 261 Å². The molecule has 5 rings (SSSR count). The minimum Gasteiger partial charge on any atom is -0.493 e. The number of pyridine rings is 1. The summed E-state index contributed by atoms with van der Waals surface area (Å²) in [5.41, 5.74) is 3.94. The van der Waals surface area contributed by atoms with E-state index in [9.17, 15) is 4.79 Å². The number of anilines is 1. The average Bonchev–Trinajstić information content (AvgIpc) is 3.02. The number of aromatic nitrogens is 1. The number of nitrogens with zero attached hydrogens (tertiary/aromatic N) is 3. The highest BCUT2D eigenvalue weighted by atomic mass is 35.5. The Balaban J connectivity index is 1.19. The molecule has 9 nitrogen and oxygen atoms in total. The third-order valence-corrected chi connectivity index (χ3v) is 7.65. The summed E-state index contributed by atoms with van der Waals surface area (Å²) in [4.78, 5) is 19.1. The molecule has 0 radical (unpaired) electrons. The Kier molecular flexibility index (Phi) is 10.5. The summed E-state index contributed by atoms with van der Waals surface area (Å²) in [6.07, 6.45) is 6.47. The quantitative estimate of drug-likeness (QED) is 0.103. The lowest BCUT2D eigenvalue weighted by Gasteiger charge is -2.30. The number of methoxy groups -OCH3 is 1. The maximum Gasteiger partial charge on any atom is 0.339 e. The van der Waals surface area contributed by atoms with Gasteiger partial charge in [-0.05, 0) is 80.2 Å². The number of carbonyl (C=O) groups excluding carboxylic acids is 1. The number of likely N-dealkylation sites (tertiary alicyclic amines) is 1. The summed E-state index contributed by atoms with van der Waals surface area (Å²) in [6.45, 7) is 6.16. The molecule has 2 N–H and O–H groups in total. The SMILES string of the molecule is COc1cc2c(Oc3ccc(NC(=O)N/N=C/c4ccc(Cl)cc4)cc3F)ccnc2cc1OCCCN1CCC(C)CC1. The number of hydrazone groups is 1. The first-order valence-corrected chi connectivity index (χ1v) is 14.9. The summed E-state index contributed by atoms with van der Waals surface area (Å²) < 4.78 is 32.6. The van der Waals surface area contributed by atoms with E-state index in [-0.39, 0.29) is 11.4 Å². The van der Waals surface area contributed by atoms with Crippen LogP contribution in [-0.2, 0) is 0 Å². The van der Waals surface area contributed by atoms with E-state index in [2.05, 4.69) is 32.7 Å². The molecule has 44 heavy (non-hydrogen) atoms. The summed E-state index contributed by atoms with van der Waals surface area (Å²) in [6, 6.07) is 15.7. The summed E-state index contributed by atoms with van der Waals surface area (Å²) in [5.74, 6) is 1.65. The number of rotatable bonds is 11. The fourth-order valence-corrected chi connectivity index (χ4v) is 5.02. The fraction of sp³-hybridized carbons (Fsp3) is 0.303. The highest BCUT2D eigenvalue weighted by Crippen LogP contribution is 2.38. The highest BCUT2D eigenvalue weighted by Gasteiger charge is 2.16. The Morgan fingerprint density at radius 2 is 1.86 bits per heavy atom. The van der Waals surface area contributed by atoms with Gasteiger partial charge in [0.15, 0.2) is 23.1 Å². The topological polar surface area (TPSA) is 97.3 Å². The van der Waals surface area contributed by atoms with Crippen molar-refractivity contribution in [1.29, 1.82) is 0 Å². The summed E-state index contributed by atoms with van der Waals surface area (Å²) in [5, 5.41) is 7.65. The van der Waals surface area contributed by atoms with Crippen molar-refractivity contribution < 1.29 is 23.4 Å². The van der Waals surface area contributed by atoms with Crippen LogP contribution in [0, 0.1) is 11.7 Å². The second kappa shape index (κ2) is 14.9. The fourth-order valence-electron chi connectivity index (χ4n) is 4.90. The second-order valence-corrected chi connectivity index (χ2v) is 11.1. The first-order valence-electron chi connectivity index (χ1n) is 14.5. The number of piperidine rings is 1. The van der Waals surface area contributed by atoms with Gasteiger partial charge < -0.3 is 24.4 Å². The van der Waals surface area contributed by atoms with E-state index in [1.165, 1.54) is 31.2 Å². The predicted molar refractivity (Wildman–Crippen MR) is 171 cm³/mol. The number of halogens is 2. The molecule has 0 spiro atoms. The molecular formula is C33H35ClFN5O4. The van der Waals surface area contributed by atoms with Gasteiger partial charge in [0.05, 0.1) is 25.4 Å². The van der Waals surface area contributed by atoms with E-state index in [1.807, 2.05) is 0 Å². The monoisotopic (exact) mass is 619 g/mol. The van der Waals surface area contributed by atoms with Gasteiger partial charge in [0.25, 0.3) is 0 Å². The zero-order valence-electron chi connectivity index (χ0n) is 24.7. The Morgan fingerprint density at radius 3 is 2.61 bits per heavy atom. The van der Waals surface area contributed by atoms with Gasteiger partial charge in [-0.1, -0.05) is 30.7 Å². The molecule has 230 valence electrons.